The lowest BCUT2D eigenvalue weighted by Gasteiger charge is -2.15. The van der Waals surface area contributed by atoms with Crippen molar-refractivity contribution in [3.63, 3.8) is 0 Å². The highest BCUT2D eigenvalue weighted by Gasteiger charge is 2.25. The molecule has 11 heteroatoms. The molecular weight excluding hydrogens is 494 g/mol. The van der Waals surface area contributed by atoms with Crippen LogP contribution in [0.3, 0.4) is 0 Å². The number of allylic oxidation sites excluding steroid dienone is 4. The number of benzene rings is 2. The lowest BCUT2D eigenvalue weighted by molar-refractivity contribution is -0.231. The van der Waals surface area contributed by atoms with Gasteiger partial charge >= 0.3 is 12.1 Å². The van der Waals surface area contributed by atoms with Gasteiger partial charge in [-0.25, -0.2) is 13.2 Å². The van der Waals surface area contributed by atoms with Crippen molar-refractivity contribution in [2.45, 2.75) is 37.4 Å². The molecule has 0 saturated heterocycles. The lowest BCUT2D eigenvalue weighted by Crippen LogP contribution is -2.21. The van der Waals surface area contributed by atoms with E-state index >= 15 is 0 Å². The molecule has 1 unspecified atom stereocenters. The summed E-state index contributed by atoms with van der Waals surface area (Å²) in [5.74, 6) is -1.46. The summed E-state index contributed by atoms with van der Waals surface area (Å²) in [5, 5.41) is 19.5. The van der Waals surface area contributed by atoms with Crippen molar-refractivity contribution < 1.29 is 36.9 Å². The van der Waals surface area contributed by atoms with Gasteiger partial charge < -0.3 is 14.9 Å². The minimum atomic E-state index is -4.14. The molecule has 2 aromatic carbocycles. The number of nitrogens with zero attached hydrogens (tertiary/aromatic N) is 1. The Morgan fingerprint density at radius 2 is 1.97 bits per heavy atom. The number of anilines is 1. The van der Waals surface area contributed by atoms with Crippen LogP contribution in [0.5, 0.6) is 5.75 Å². The highest BCUT2D eigenvalue weighted by Crippen LogP contribution is 2.31. The van der Waals surface area contributed by atoms with E-state index in [9.17, 15) is 32.2 Å². The smallest absolute Gasteiger partial charge is 0.353 e. The third kappa shape index (κ3) is 7.09. The first kappa shape index (κ1) is 26.8. The van der Waals surface area contributed by atoms with Gasteiger partial charge in [0.15, 0.2) is 0 Å². The van der Waals surface area contributed by atoms with E-state index in [1.807, 2.05) is 0 Å². The van der Waals surface area contributed by atoms with Gasteiger partial charge in [0.2, 0.25) is 0 Å². The van der Waals surface area contributed by atoms with Crippen molar-refractivity contribution in [2.75, 3.05) is 4.72 Å². The number of hydrogen-bond donors (Lipinski definition) is 3. The number of ether oxygens (including phenoxy) is 1. The van der Waals surface area contributed by atoms with Gasteiger partial charge in [0.1, 0.15) is 17.5 Å². The fourth-order valence-corrected chi connectivity index (χ4v) is 4.36. The zero-order valence-corrected chi connectivity index (χ0v) is 20.2. The van der Waals surface area contributed by atoms with Gasteiger partial charge in [0, 0.05) is 13.1 Å². The van der Waals surface area contributed by atoms with Crippen LogP contribution >= 0.6 is 0 Å². The van der Waals surface area contributed by atoms with Crippen LogP contribution in [0, 0.1) is 0 Å². The van der Waals surface area contributed by atoms with Crippen molar-refractivity contribution in [2.24, 2.45) is 4.99 Å². The van der Waals surface area contributed by atoms with E-state index in [0.29, 0.717) is 24.5 Å². The van der Waals surface area contributed by atoms with Gasteiger partial charge in [0.25, 0.3) is 10.0 Å². The maximum atomic E-state index is 13.1. The van der Waals surface area contributed by atoms with Crippen LogP contribution < -0.4 is 4.72 Å². The Bertz CT molecular complexity index is 1380. The van der Waals surface area contributed by atoms with Gasteiger partial charge in [-0.1, -0.05) is 43.4 Å². The standard InChI is InChI=1S/C25H24F2N2O6S/c1-3-17-8-11-20(14-21(17)24(31)32)36(33,34)29-18-9-12-23(30)22(13-18)28-15-16-5-4-6-19(10-7-16)35-25(2,26)27/h4-15,19,29-30H,3H2,1-2H3,(H,31,32). The number of alkyl halides is 2. The van der Waals surface area contributed by atoms with Crippen LogP contribution in [0.25, 0.3) is 0 Å². The van der Waals surface area contributed by atoms with E-state index < -0.39 is 28.2 Å². The third-order valence-electron chi connectivity index (χ3n) is 4.99. The molecule has 3 rings (SSSR count). The topological polar surface area (TPSA) is 125 Å². The average molecular weight is 519 g/mol. The first-order chi connectivity index (χ1) is 16.9. The number of phenolic OH excluding ortho intramolecular Hbond substituents is 1. The van der Waals surface area contributed by atoms with Crippen molar-refractivity contribution >= 4 is 33.6 Å². The van der Waals surface area contributed by atoms with Crippen LogP contribution in [0.15, 0.2) is 82.2 Å². The molecule has 8 nitrogen and oxygen atoms in total. The van der Waals surface area contributed by atoms with Crippen molar-refractivity contribution in [3.8, 4) is 5.75 Å². The van der Waals surface area contributed by atoms with Crippen LogP contribution in [-0.4, -0.2) is 43.0 Å². The molecule has 1 aliphatic carbocycles. The fourth-order valence-electron chi connectivity index (χ4n) is 3.28. The number of halogens is 2. The Morgan fingerprint density at radius 1 is 1.22 bits per heavy atom. The van der Waals surface area contributed by atoms with Crippen LogP contribution in [0.4, 0.5) is 20.2 Å². The molecule has 190 valence electrons. The molecule has 0 amide bonds. The van der Waals surface area contributed by atoms with E-state index in [1.54, 1.807) is 13.0 Å². The summed E-state index contributed by atoms with van der Waals surface area (Å²) < 4.78 is 58.8. The Labute approximate surface area is 207 Å². The summed E-state index contributed by atoms with van der Waals surface area (Å²) in [6.45, 7) is 2.41. The molecule has 36 heavy (non-hydrogen) atoms. The van der Waals surface area contributed by atoms with Crippen LogP contribution in [0.2, 0.25) is 0 Å². The maximum absolute atomic E-state index is 13.1. The molecule has 1 atom stereocenters. The monoisotopic (exact) mass is 518 g/mol. The quantitative estimate of drug-likeness (QED) is 0.309. The largest absolute Gasteiger partial charge is 0.506 e. The second-order valence-corrected chi connectivity index (χ2v) is 9.53. The molecule has 0 aromatic heterocycles. The molecular formula is C25H24F2N2O6S. The number of aryl methyl sites for hydroxylation is 1. The number of carbonyl (C=O) groups is 1. The normalized spacial score (nSPS) is 16.1. The zero-order chi connectivity index (χ0) is 26.5. The number of carboxylic acid groups (broad SMARTS) is 1. The number of carboxylic acids is 1. The number of aliphatic imine (C=N–C) groups is 1. The van der Waals surface area contributed by atoms with Gasteiger partial charge in [0.05, 0.1) is 16.1 Å². The maximum Gasteiger partial charge on any atom is 0.353 e. The Hall–Kier alpha value is -3.83. The van der Waals surface area contributed by atoms with Crippen molar-refractivity contribution in [3.05, 3.63) is 83.5 Å². The molecule has 0 spiro atoms. The molecule has 0 saturated carbocycles. The Balaban J connectivity index is 1.80. The van der Waals surface area contributed by atoms with E-state index in [-0.39, 0.29) is 27.6 Å². The second kappa shape index (κ2) is 10.8. The number of nitrogens with one attached hydrogen (secondary N) is 1. The number of rotatable bonds is 9. The fraction of sp³-hybridized carbons (Fsp3) is 0.200. The van der Waals surface area contributed by atoms with E-state index in [0.717, 1.165) is 6.07 Å². The molecule has 0 radical (unpaired) electrons. The first-order valence-electron chi connectivity index (χ1n) is 10.8. The molecule has 0 heterocycles. The summed E-state index contributed by atoms with van der Waals surface area (Å²) in [4.78, 5) is 15.4. The molecule has 2 aromatic rings. The van der Waals surface area contributed by atoms with Crippen molar-refractivity contribution in [1.82, 2.24) is 0 Å². The molecule has 0 bridgehead atoms. The summed E-state index contributed by atoms with van der Waals surface area (Å²) >= 11 is 0. The minimum absolute atomic E-state index is 0.0400. The predicted molar refractivity (Wildman–Crippen MR) is 132 cm³/mol. The van der Waals surface area contributed by atoms with Gasteiger partial charge in [-0.15, -0.1) is 0 Å². The number of hydrogen-bond acceptors (Lipinski definition) is 6. The molecule has 1 aliphatic rings. The SMILES string of the molecule is CCc1ccc(S(=O)(=O)Nc2ccc(O)c(N=CC3=CC=CC(OC(C)(F)F)C=C3)c2)cc1C(=O)O. The second-order valence-electron chi connectivity index (χ2n) is 7.85. The summed E-state index contributed by atoms with van der Waals surface area (Å²) in [6.07, 6.45) is 5.04. The van der Waals surface area contributed by atoms with E-state index in [4.69, 9.17) is 0 Å². The molecule has 0 aliphatic heterocycles. The third-order valence-corrected chi connectivity index (χ3v) is 6.37. The van der Waals surface area contributed by atoms with Crippen LogP contribution in [0.1, 0.15) is 29.8 Å². The highest BCUT2D eigenvalue weighted by atomic mass is 32.2. The zero-order valence-electron chi connectivity index (χ0n) is 19.4. The van der Waals surface area contributed by atoms with Gasteiger partial charge in [-0.05, 0) is 47.9 Å². The Kier molecular flexibility index (Phi) is 8.06. The van der Waals surface area contributed by atoms with Crippen LogP contribution in [-0.2, 0) is 21.2 Å². The average Bonchev–Trinajstić information content (AvgIpc) is 3.02. The van der Waals surface area contributed by atoms with E-state index in [2.05, 4.69) is 14.5 Å². The summed E-state index contributed by atoms with van der Waals surface area (Å²) in [5.41, 5.74) is 1.03. The molecule has 3 N–H and O–H groups in total. The summed E-state index contributed by atoms with van der Waals surface area (Å²) in [7, 11) is -4.14. The van der Waals surface area contributed by atoms with Gasteiger partial charge in [-0.2, -0.15) is 8.78 Å². The molecule has 0 fully saturated rings. The first-order valence-corrected chi connectivity index (χ1v) is 12.2. The highest BCUT2D eigenvalue weighted by molar-refractivity contribution is 7.92. The predicted octanol–water partition coefficient (Wildman–Crippen LogP) is 5.21. The number of sulfonamides is 1. The Morgan fingerprint density at radius 3 is 2.64 bits per heavy atom. The van der Waals surface area contributed by atoms with Gasteiger partial charge in [-0.3, -0.25) is 9.71 Å². The minimum Gasteiger partial charge on any atom is -0.506 e. The van der Waals surface area contributed by atoms with Crippen molar-refractivity contribution in [1.29, 1.82) is 0 Å². The number of phenols is 1. The number of aromatic carboxylic acids is 1. The number of aromatic hydroxyl groups is 1. The summed E-state index contributed by atoms with van der Waals surface area (Å²) in [6, 6.07) is 7.72. The van der Waals surface area contributed by atoms with E-state index in [1.165, 1.54) is 60.9 Å². The lowest BCUT2D eigenvalue weighted by atomic mass is 10.1.